The van der Waals surface area contributed by atoms with Gasteiger partial charge in [0.25, 0.3) is 0 Å². The Morgan fingerprint density at radius 1 is 0.941 bits per heavy atom. The van der Waals surface area contributed by atoms with E-state index in [1.54, 1.807) is 11.1 Å². The Kier molecular flexibility index (Phi) is 5.98. The molecule has 0 aromatic heterocycles. The molecule has 0 unspecified atom stereocenters. The lowest BCUT2D eigenvalue weighted by Gasteiger charge is -2.35. The minimum Gasteiger partial charge on any atom is -0.0736 e. The van der Waals surface area contributed by atoms with Crippen LogP contribution in [0.15, 0.2) is 11.1 Å². The topological polar surface area (TPSA) is 0 Å². The zero-order valence-electron chi connectivity index (χ0n) is 13.7. The second-order valence-corrected chi connectivity index (χ2v) is 7.65. The van der Waals surface area contributed by atoms with Crippen molar-refractivity contribution < 1.29 is 0 Å². The monoisotopic (exact) mass is 238 g/mol. The number of hydrogen-bond donors (Lipinski definition) is 0. The first-order valence-corrected chi connectivity index (χ1v) is 7.17. The maximum absolute atomic E-state index is 2.42. The third-order valence-electron chi connectivity index (χ3n) is 4.20. The highest BCUT2D eigenvalue weighted by Crippen LogP contribution is 2.40. The van der Waals surface area contributed by atoms with Gasteiger partial charge in [0.2, 0.25) is 0 Å². The molecule has 0 aliphatic heterocycles. The fraction of sp³-hybridized carbons (Fsp3) is 0.882. The molecule has 0 aliphatic carbocycles. The van der Waals surface area contributed by atoms with E-state index in [0.29, 0.717) is 16.7 Å². The summed E-state index contributed by atoms with van der Waals surface area (Å²) in [5.74, 6) is 0.685. The third-order valence-corrected chi connectivity index (χ3v) is 4.20. The van der Waals surface area contributed by atoms with Crippen molar-refractivity contribution in [1.29, 1.82) is 0 Å². The van der Waals surface area contributed by atoms with Crippen LogP contribution in [0.2, 0.25) is 0 Å². The van der Waals surface area contributed by atoms with Crippen molar-refractivity contribution in [3.8, 4) is 0 Å². The second kappa shape index (κ2) is 6.07. The van der Waals surface area contributed by atoms with Crippen LogP contribution in [0.5, 0.6) is 0 Å². The van der Waals surface area contributed by atoms with E-state index < -0.39 is 0 Å². The predicted octanol–water partition coefficient (Wildman–Crippen LogP) is 6.22. The Labute approximate surface area is 110 Å². The molecule has 0 aromatic rings. The number of allylic oxidation sites excluding steroid dienone is 2. The lowest BCUT2D eigenvalue weighted by atomic mass is 9.70. The highest BCUT2D eigenvalue weighted by molar-refractivity contribution is 5.13. The highest BCUT2D eigenvalue weighted by Gasteiger charge is 2.28. The zero-order chi connectivity index (χ0) is 13.9. The normalized spacial score (nSPS) is 15.2. The molecule has 0 saturated carbocycles. The Morgan fingerprint density at radius 3 is 1.76 bits per heavy atom. The first-order chi connectivity index (χ1) is 7.51. The summed E-state index contributed by atoms with van der Waals surface area (Å²) in [5.41, 5.74) is 4.05. The van der Waals surface area contributed by atoms with Crippen molar-refractivity contribution in [2.45, 2.75) is 81.6 Å². The highest BCUT2D eigenvalue weighted by atomic mass is 14.3. The summed E-state index contributed by atoms with van der Waals surface area (Å²) < 4.78 is 0. The van der Waals surface area contributed by atoms with Crippen LogP contribution < -0.4 is 0 Å². The van der Waals surface area contributed by atoms with Crippen LogP contribution in [-0.2, 0) is 0 Å². The summed E-state index contributed by atoms with van der Waals surface area (Å²) in [5, 5.41) is 0. The maximum Gasteiger partial charge on any atom is -0.0260 e. The summed E-state index contributed by atoms with van der Waals surface area (Å²) in [6.07, 6.45) is 3.81. The molecule has 0 fully saturated rings. The smallest absolute Gasteiger partial charge is 0.0260 e. The summed E-state index contributed by atoms with van der Waals surface area (Å²) in [4.78, 5) is 0. The molecule has 0 saturated heterocycles. The van der Waals surface area contributed by atoms with E-state index in [0.717, 1.165) is 0 Å². The minimum atomic E-state index is 0.416. The van der Waals surface area contributed by atoms with Gasteiger partial charge < -0.3 is 0 Å². The zero-order valence-corrected chi connectivity index (χ0v) is 13.7. The van der Waals surface area contributed by atoms with Gasteiger partial charge in [0.15, 0.2) is 0 Å². The molecule has 0 N–H and O–H groups in total. The first kappa shape index (κ1) is 16.7. The van der Waals surface area contributed by atoms with Crippen molar-refractivity contribution in [3.63, 3.8) is 0 Å². The molecule has 102 valence electrons. The maximum atomic E-state index is 2.42. The largest absolute Gasteiger partial charge is 0.0736 e. The number of rotatable bonds is 6. The van der Waals surface area contributed by atoms with Crippen molar-refractivity contribution in [1.82, 2.24) is 0 Å². The Bertz CT molecular complexity index is 264. The Morgan fingerprint density at radius 2 is 1.41 bits per heavy atom. The van der Waals surface area contributed by atoms with Gasteiger partial charge in [0.1, 0.15) is 0 Å². The minimum absolute atomic E-state index is 0.416. The average Bonchev–Trinajstić information content (AvgIpc) is 2.13. The van der Waals surface area contributed by atoms with Gasteiger partial charge in [-0.2, -0.15) is 0 Å². The van der Waals surface area contributed by atoms with Gasteiger partial charge >= 0.3 is 0 Å². The quantitative estimate of drug-likeness (QED) is 0.482. The lowest BCUT2D eigenvalue weighted by molar-refractivity contribution is 0.187. The van der Waals surface area contributed by atoms with Crippen LogP contribution in [0.4, 0.5) is 0 Å². The van der Waals surface area contributed by atoms with Crippen molar-refractivity contribution >= 4 is 0 Å². The van der Waals surface area contributed by atoms with Gasteiger partial charge in [-0.3, -0.25) is 0 Å². The van der Waals surface area contributed by atoms with E-state index in [2.05, 4.69) is 62.3 Å². The molecule has 0 atom stereocenters. The van der Waals surface area contributed by atoms with Crippen molar-refractivity contribution in [3.05, 3.63) is 11.1 Å². The summed E-state index contributed by atoms with van der Waals surface area (Å²) in [7, 11) is 0. The molecule has 0 rings (SSSR count). The lowest BCUT2D eigenvalue weighted by Crippen LogP contribution is -2.23. The fourth-order valence-corrected chi connectivity index (χ4v) is 2.83. The van der Waals surface area contributed by atoms with Crippen LogP contribution in [0.1, 0.15) is 81.6 Å². The van der Waals surface area contributed by atoms with Crippen molar-refractivity contribution in [2.75, 3.05) is 0 Å². The molecule has 0 bridgehead atoms. The van der Waals surface area contributed by atoms with Crippen LogP contribution in [0.25, 0.3) is 0 Å². The van der Waals surface area contributed by atoms with Gasteiger partial charge in [-0.05, 0) is 43.4 Å². The van der Waals surface area contributed by atoms with Gasteiger partial charge in [-0.15, -0.1) is 0 Å². The van der Waals surface area contributed by atoms with E-state index in [-0.39, 0.29) is 0 Å². The van der Waals surface area contributed by atoms with E-state index in [9.17, 15) is 0 Å². The van der Waals surface area contributed by atoms with Crippen LogP contribution in [-0.4, -0.2) is 0 Å². The van der Waals surface area contributed by atoms with E-state index >= 15 is 0 Å². The van der Waals surface area contributed by atoms with Gasteiger partial charge in [-0.25, -0.2) is 0 Å². The second-order valence-electron chi connectivity index (χ2n) is 7.65. The van der Waals surface area contributed by atoms with Crippen LogP contribution >= 0.6 is 0 Å². The first-order valence-electron chi connectivity index (χ1n) is 7.17. The molecule has 0 amide bonds. The number of hydrogen-bond acceptors (Lipinski definition) is 0. The molecule has 0 aromatic carbocycles. The van der Waals surface area contributed by atoms with E-state index in [1.165, 1.54) is 19.3 Å². The summed E-state index contributed by atoms with van der Waals surface area (Å²) in [6, 6.07) is 0. The third kappa shape index (κ3) is 6.29. The molecular weight excluding hydrogens is 204 g/mol. The molecule has 0 spiro atoms. The summed E-state index contributed by atoms with van der Waals surface area (Å²) >= 11 is 0. The molecule has 0 heteroatoms. The molecule has 17 heavy (non-hydrogen) atoms. The van der Waals surface area contributed by atoms with Crippen LogP contribution in [0, 0.1) is 16.7 Å². The Balaban J connectivity index is 4.72. The Hall–Kier alpha value is -0.260. The predicted molar refractivity (Wildman–Crippen MR) is 80.3 cm³/mol. The average molecular weight is 238 g/mol. The van der Waals surface area contributed by atoms with Gasteiger partial charge in [0, 0.05) is 0 Å². The molecule has 0 radical (unpaired) electrons. The van der Waals surface area contributed by atoms with Gasteiger partial charge in [-0.1, -0.05) is 66.0 Å². The molecular formula is C17H34. The molecule has 0 nitrogen and oxygen atoms in total. The van der Waals surface area contributed by atoms with Gasteiger partial charge in [0.05, 0.1) is 0 Å². The fourth-order valence-electron chi connectivity index (χ4n) is 2.83. The standard InChI is InChI=1S/C17H34/c1-10-16(6,7)12-17(8,9)11-14(4)15(5)13(2)3/h13H,10-12H2,1-9H3/b15-14+. The SMILES string of the molecule is CCC(C)(C)CC(C)(C)C/C(C)=C(\C)C(C)C. The summed E-state index contributed by atoms with van der Waals surface area (Å²) in [6.45, 7) is 21.1. The van der Waals surface area contributed by atoms with Crippen molar-refractivity contribution in [2.24, 2.45) is 16.7 Å². The van der Waals surface area contributed by atoms with E-state index in [4.69, 9.17) is 0 Å². The molecule has 0 heterocycles. The van der Waals surface area contributed by atoms with E-state index in [1.807, 2.05) is 0 Å². The molecule has 0 aliphatic rings. The van der Waals surface area contributed by atoms with Crippen LogP contribution in [0.3, 0.4) is 0 Å².